The maximum atomic E-state index is 6.71. The summed E-state index contributed by atoms with van der Waals surface area (Å²) in [6.07, 6.45) is 2.45. The van der Waals surface area contributed by atoms with E-state index in [1.54, 1.807) is 7.11 Å². The molecule has 0 aliphatic carbocycles. The smallest absolute Gasteiger partial charge is 0.231 e. The summed E-state index contributed by atoms with van der Waals surface area (Å²) < 4.78 is 23.5. The molecule has 3 aliphatic heterocycles. The van der Waals surface area contributed by atoms with Crippen LogP contribution in [0.5, 0.6) is 23.0 Å². The molecule has 5 rings (SSSR count). The van der Waals surface area contributed by atoms with Gasteiger partial charge in [-0.25, -0.2) is 0 Å². The van der Waals surface area contributed by atoms with E-state index in [2.05, 4.69) is 43.0 Å². The van der Waals surface area contributed by atoms with Gasteiger partial charge in [0.25, 0.3) is 0 Å². The van der Waals surface area contributed by atoms with Crippen LogP contribution in [0.1, 0.15) is 43.7 Å². The van der Waals surface area contributed by atoms with E-state index < -0.39 is 0 Å². The largest absolute Gasteiger partial charge is 0.497 e. The summed E-state index contributed by atoms with van der Waals surface area (Å²) in [7, 11) is 1.72. The molecule has 148 valence electrons. The molecular formula is C23H27NO4. The second kappa shape index (κ2) is 6.59. The van der Waals surface area contributed by atoms with Crippen molar-refractivity contribution < 1.29 is 18.9 Å². The summed E-state index contributed by atoms with van der Waals surface area (Å²) in [6.45, 7) is 6.96. The zero-order chi connectivity index (χ0) is 19.3. The third-order valence-electron chi connectivity index (χ3n) is 6.69. The van der Waals surface area contributed by atoms with E-state index in [-0.39, 0.29) is 24.4 Å². The van der Waals surface area contributed by atoms with Gasteiger partial charge in [0.2, 0.25) is 6.79 Å². The van der Waals surface area contributed by atoms with Crippen LogP contribution in [0.15, 0.2) is 36.4 Å². The Balaban J connectivity index is 1.66. The van der Waals surface area contributed by atoms with Gasteiger partial charge in [0.1, 0.15) is 11.5 Å². The minimum absolute atomic E-state index is 0.180. The molecule has 5 nitrogen and oxygen atoms in total. The van der Waals surface area contributed by atoms with Gasteiger partial charge in [-0.1, -0.05) is 19.1 Å². The van der Waals surface area contributed by atoms with Crippen LogP contribution in [0, 0.1) is 5.92 Å². The van der Waals surface area contributed by atoms with E-state index in [0.29, 0.717) is 0 Å². The number of fused-ring (bicyclic) bond motifs is 2. The SMILES string of the molecule is COc1cccc(C2c3cc4c(cc3OC(C)(N3CCCC3)C2C)OCO4)c1. The number of methoxy groups -OCH3 is 1. The molecule has 3 atom stereocenters. The summed E-state index contributed by atoms with van der Waals surface area (Å²) >= 11 is 0. The lowest BCUT2D eigenvalue weighted by Gasteiger charge is -2.50. The number of rotatable bonds is 3. The molecule has 2 aromatic rings. The first-order valence-corrected chi connectivity index (χ1v) is 10.1. The van der Waals surface area contributed by atoms with E-state index in [0.717, 1.165) is 41.7 Å². The zero-order valence-corrected chi connectivity index (χ0v) is 16.7. The van der Waals surface area contributed by atoms with E-state index in [1.807, 2.05) is 12.1 Å². The molecule has 0 N–H and O–H groups in total. The van der Waals surface area contributed by atoms with Crippen LogP contribution in [-0.4, -0.2) is 37.6 Å². The van der Waals surface area contributed by atoms with Crippen molar-refractivity contribution in [3.8, 4) is 23.0 Å². The molecule has 0 aromatic heterocycles. The lowest BCUT2D eigenvalue weighted by atomic mass is 9.74. The number of hydrogen-bond donors (Lipinski definition) is 0. The fraction of sp³-hybridized carbons (Fsp3) is 0.478. The van der Waals surface area contributed by atoms with Gasteiger partial charge in [-0.2, -0.15) is 0 Å². The van der Waals surface area contributed by atoms with Crippen molar-refractivity contribution in [2.24, 2.45) is 5.92 Å². The number of nitrogens with zero attached hydrogens (tertiary/aromatic N) is 1. The highest BCUT2D eigenvalue weighted by Gasteiger charge is 2.49. The highest BCUT2D eigenvalue weighted by Crippen LogP contribution is 2.53. The molecule has 1 saturated heterocycles. The van der Waals surface area contributed by atoms with Gasteiger partial charge in [-0.15, -0.1) is 0 Å². The Hall–Kier alpha value is -2.40. The summed E-state index contributed by atoms with van der Waals surface area (Å²) in [5.74, 6) is 3.77. The second-order valence-corrected chi connectivity index (χ2v) is 8.14. The molecule has 2 aromatic carbocycles. The molecule has 3 unspecified atom stereocenters. The summed E-state index contributed by atoms with van der Waals surface area (Å²) in [5.41, 5.74) is 2.02. The van der Waals surface area contributed by atoms with Gasteiger partial charge in [-0.3, -0.25) is 4.90 Å². The van der Waals surface area contributed by atoms with Crippen LogP contribution >= 0.6 is 0 Å². The first-order valence-electron chi connectivity index (χ1n) is 10.1. The molecular weight excluding hydrogens is 354 g/mol. The second-order valence-electron chi connectivity index (χ2n) is 8.14. The molecule has 3 heterocycles. The number of likely N-dealkylation sites (tertiary alicyclic amines) is 1. The van der Waals surface area contributed by atoms with Crippen LogP contribution in [-0.2, 0) is 0 Å². The Morgan fingerprint density at radius 3 is 2.54 bits per heavy atom. The van der Waals surface area contributed by atoms with Gasteiger partial charge in [0, 0.05) is 36.6 Å². The maximum Gasteiger partial charge on any atom is 0.231 e. The topological polar surface area (TPSA) is 40.2 Å². The highest BCUT2D eigenvalue weighted by molar-refractivity contribution is 5.56. The number of ether oxygens (including phenoxy) is 4. The third-order valence-corrected chi connectivity index (χ3v) is 6.69. The fourth-order valence-electron chi connectivity index (χ4n) is 4.98. The third kappa shape index (κ3) is 2.64. The summed E-state index contributed by atoms with van der Waals surface area (Å²) in [4.78, 5) is 2.50. The monoisotopic (exact) mass is 381 g/mol. The quantitative estimate of drug-likeness (QED) is 0.788. The zero-order valence-electron chi connectivity index (χ0n) is 16.7. The maximum absolute atomic E-state index is 6.71. The van der Waals surface area contributed by atoms with Crippen LogP contribution in [0.3, 0.4) is 0 Å². The van der Waals surface area contributed by atoms with Crippen molar-refractivity contribution in [1.82, 2.24) is 4.90 Å². The lowest BCUT2D eigenvalue weighted by molar-refractivity contribution is -0.114. The minimum atomic E-state index is -0.370. The molecule has 5 heteroatoms. The average Bonchev–Trinajstić information content (AvgIpc) is 3.39. The van der Waals surface area contributed by atoms with Crippen molar-refractivity contribution in [2.75, 3.05) is 27.0 Å². The van der Waals surface area contributed by atoms with Crippen molar-refractivity contribution in [1.29, 1.82) is 0 Å². The van der Waals surface area contributed by atoms with Crippen LogP contribution in [0.4, 0.5) is 0 Å². The molecule has 0 radical (unpaired) electrons. The lowest BCUT2D eigenvalue weighted by Crippen LogP contribution is -2.57. The number of benzene rings is 2. The van der Waals surface area contributed by atoms with E-state index in [4.69, 9.17) is 18.9 Å². The molecule has 3 aliphatic rings. The predicted octanol–water partition coefficient (Wildman–Crippen LogP) is 4.40. The molecule has 28 heavy (non-hydrogen) atoms. The Morgan fingerprint density at radius 1 is 1.04 bits per heavy atom. The minimum Gasteiger partial charge on any atom is -0.497 e. The predicted molar refractivity (Wildman–Crippen MR) is 106 cm³/mol. The first-order chi connectivity index (χ1) is 13.6. The molecule has 0 bridgehead atoms. The van der Waals surface area contributed by atoms with Gasteiger partial charge >= 0.3 is 0 Å². The van der Waals surface area contributed by atoms with E-state index in [1.165, 1.54) is 18.4 Å². The summed E-state index contributed by atoms with van der Waals surface area (Å²) in [5, 5.41) is 0. The van der Waals surface area contributed by atoms with E-state index >= 15 is 0 Å². The average molecular weight is 381 g/mol. The van der Waals surface area contributed by atoms with Crippen LogP contribution in [0.25, 0.3) is 0 Å². The van der Waals surface area contributed by atoms with Gasteiger partial charge in [0.15, 0.2) is 17.2 Å². The van der Waals surface area contributed by atoms with Crippen LogP contribution < -0.4 is 18.9 Å². The van der Waals surface area contributed by atoms with Gasteiger partial charge < -0.3 is 18.9 Å². The molecule has 0 saturated carbocycles. The molecule has 1 fully saturated rings. The van der Waals surface area contributed by atoms with Crippen molar-refractivity contribution in [3.63, 3.8) is 0 Å². The Labute approximate surface area is 166 Å². The Morgan fingerprint density at radius 2 is 1.79 bits per heavy atom. The van der Waals surface area contributed by atoms with Crippen molar-refractivity contribution in [3.05, 3.63) is 47.5 Å². The highest BCUT2D eigenvalue weighted by atomic mass is 16.7. The van der Waals surface area contributed by atoms with Crippen molar-refractivity contribution in [2.45, 2.75) is 38.3 Å². The standard InChI is InChI=1S/C23H27NO4/c1-15-22(16-7-6-8-17(11-16)25-3)18-12-20-21(27-14-26-20)13-19(18)28-23(15,2)24-9-4-5-10-24/h6-8,11-13,15,22H,4-5,9-10,14H2,1-3H3. The molecule has 0 amide bonds. The molecule has 0 spiro atoms. The summed E-state index contributed by atoms with van der Waals surface area (Å²) in [6, 6.07) is 12.5. The van der Waals surface area contributed by atoms with E-state index in [9.17, 15) is 0 Å². The Kier molecular flexibility index (Phi) is 4.16. The number of hydrogen-bond acceptors (Lipinski definition) is 5. The first kappa shape index (κ1) is 17.7. The van der Waals surface area contributed by atoms with Crippen LogP contribution in [0.2, 0.25) is 0 Å². The Bertz CT molecular complexity index is 892. The van der Waals surface area contributed by atoms with Crippen molar-refractivity contribution >= 4 is 0 Å². The van der Waals surface area contributed by atoms with Gasteiger partial charge in [-0.05, 0) is 43.5 Å². The fourth-order valence-corrected chi connectivity index (χ4v) is 4.98. The van der Waals surface area contributed by atoms with Gasteiger partial charge in [0.05, 0.1) is 7.11 Å². The normalized spacial score (nSPS) is 28.7.